The van der Waals surface area contributed by atoms with E-state index in [1.807, 2.05) is 36.5 Å². The third-order valence-electron chi connectivity index (χ3n) is 6.75. The average Bonchev–Trinajstić information content (AvgIpc) is 3.31. The fourth-order valence-electron chi connectivity index (χ4n) is 4.65. The van der Waals surface area contributed by atoms with Gasteiger partial charge in [0.15, 0.2) is 0 Å². The molecule has 4 rings (SSSR count). The summed E-state index contributed by atoms with van der Waals surface area (Å²) < 4.78 is 0. The fraction of sp³-hybridized carbons (Fsp3) is 0.407. The van der Waals surface area contributed by atoms with Gasteiger partial charge in [-0.1, -0.05) is 29.8 Å². The summed E-state index contributed by atoms with van der Waals surface area (Å²) in [5.41, 5.74) is 1.90. The fourth-order valence-corrected chi connectivity index (χ4v) is 4.88. The first-order chi connectivity index (χ1) is 16.4. The highest BCUT2D eigenvalue weighted by Gasteiger charge is 2.24. The van der Waals surface area contributed by atoms with Crippen molar-refractivity contribution in [2.75, 3.05) is 31.1 Å². The Bertz CT molecular complexity index is 1130. The molecule has 180 valence electrons. The van der Waals surface area contributed by atoms with Gasteiger partial charge in [-0.15, -0.1) is 0 Å². The highest BCUT2D eigenvalue weighted by molar-refractivity contribution is 6.34. The van der Waals surface area contributed by atoms with E-state index in [9.17, 15) is 9.59 Å². The van der Waals surface area contributed by atoms with Crippen LogP contribution >= 0.6 is 11.6 Å². The number of fused-ring (bicyclic) bond motifs is 1. The lowest BCUT2D eigenvalue weighted by Crippen LogP contribution is -2.42. The van der Waals surface area contributed by atoms with Crippen LogP contribution in [0.15, 0.2) is 54.7 Å². The molecule has 1 fully saturated rings. The van der Waals surface area contributed by atoms with Crippen molar-refractivity contribution in [1.82, 2.24) is 15.2 Å². The van der Waals surface area contributed by atoms with E-state index in [0.717, 1.165) is 30.4 Å². The van der Waals surface area contributed by atoms with E-state index in [1.54, 1.807) is 18.2 Å². The minimum atomic E-state index is -0.263. The van der Waals surface area contributed by atoms with E-state index >= 15 is 0 Å². The molecule has 0 aliphatic carbocycles. The van der Waals surface area contributed by atoms with Crippen LogP contribution in [0.3, 0.4) is 0 Å². The van der Waals surface area contributed by atoms with Crippen LogP contribution in [0.4, 0.5) is 5.69 Å². The third-order valence-corrected chi connectivity index (χ3v) is 7.07. The standard InChI is InChI=1S/C27H33ClN4O2/c1-19(2)31-15-11-20(12-16-31)9-13-30-26(33)18-32(25-6-4-3-5-23(25)28)27(34)22-8-7-21-10-14-29-24(21)17-22/h3-8,10,14,17,19-20,29H,9,11-13,15-16,18H2,1-2H3,(H,30,33). The van der Waals surface area contributed by atoms with Gasteiger partial charge in [0.05, 0.1) is 10.7 Å². The SMILES string of the molecule is CC(C)N1CCC(CCNC(=O)CN(C(=O)c2ccc3cc[nH]c3c2)c2ccccc2Cl)CC1. The number of carbonyl (C=O) groups excluding carboxylic acids is 2. The van der Waals surface area contributed by atoms with Gasteiger partial charge in [0.1, 0.15) is 6.54 Å². The Morgan fingerprint density at radius 3 is 2.65 bits per heavy atom. The summed E-state index contributed by atoms with van der Waals surface area (Å²) in [6.45, 7) is 7.25. The van der Waals surface area contributed by atoms with Gasteiger partial charge in [-0.05, 0) is 87.8 Å². The topological polar surface area (TPSA) is 68.4 Å². The van der Waals surface area contributed by atoms with Crippen LogP contribution in [0, 0.1) is 5.92 Å². The van der Waals surface area contributed by atoms with Crippen LogP contribution in [0.1, 0.15) is 43.5 Å². The average molecular weight is 481 g/mol. The van der Waals surface area contributed by atoms with Crippen LogP contribution in [-0.4, -0.2) is 53.9 Å². The Morgan fingerprint density at radius 2 is 1.91 bits per heavy atom. The molecule has 7 heteroatoms. The second-order valence-corrected chi connectivity index (χ2v) is 9.74. The molecule has 0 atom stereocenters. The molecule has 1 saturated heterocycles. The van der Waals surface area contributed by atoms with Gasteiger partial charge >= 0.3 is 0 Å². The van der Waals surface area contributed by atoms with E-state index in [1.165, 1.54) is 17.7 Å². The number of nitrogens with zero attached hydrogens (tertiary/aromatic N) is 2. The Balaban J connectivity index is 1.40. The molecule has 0 radical (unpaired) electrons. The quantitative estimate of drug-likeness (QED) is 0.471. The zero-order valence-corrected chi connectivity index (χ0v) is 20.6. The lowest BCUT2D eigenvalue weighted by Gasteiger charge is -2.34. The second kappa shape index (κ2) is 11.1. The van der Waals surface area contributed by atoms with E-state index in [2.05, 4.69) is 29.0 Å². The molecule has 0 spiro atoms. The number of amides is 2. The summed E-state index contributed by atoms with van der Waals surface area (Å²) in [6, 6.07) is 15.2. The van der Waals surface area contributed by atoms with Gasteiger partial charge in [-0.3, -0.25) is 14.5 Å². The molecule has 2 amide bonds. The van der Waals surface area contributed by atoms with E-state index in [-0.39, 0.29) is 18.4 Å². The number of hydrogen-bond acceptors (Lipinski definition) is 3. The van der Waals surface area contributed by atoms with Gasteiger partial charge < -0.3 is 15.2 Å². The molecule has 0 bridgehead atoms. The first-order valence-electron chi connectivity index (χ1n) is 12.1. The summed E-state index contributed by atoms with van der Waals surface area (Å²) in [4.78, 5) is 33.4. The summed E-state index contributed by atoms with van der Waals surface area (Å²) >= 11 is 6.42. The number of halogens is 1. The van der Waals surface area contributed by atoms with Crippen LogP contribution in [-0.2, 0) is 4.79 Å². The smallest absolute Gasteiger partial charge is 0.258 e. The number of para-hydroxylation sites is 1. The number of nitrogens with one attached hydrogen (secondary N) is 2. The van der Waals surface area contributed by atoms with Crippen molar-refractivity contribution in [3.05, 3.63) is 65.3 Å². The number of anilines is 1. The van der Waals surface area contributed by atoms with Crippen molar-refractivity contribution < 1.29 is 9.59 Å². The number of aromatic amines is 1. The first kappa shape index (κ1) is 24.3. The van der Waals surface area contributed by atoms with Gasteiger partial charge in [0.2, 0.25) is 5.91 Å². The maximum absolute atomic E-state index is 13.5. The van der Waals surface area contributed by atoms with Crippen LogP contribution in [0.25, 0.3) is 10.9 Å². The number of aromatic nitrogens is 1. The molecule has 34 heavy (non-hydrogen) atoms. The third kappa shape index (κ3) is 5.80. The lowest BCUT2D eigenvalue weighted by atomic mass is 9.93. The molecule has 0 unspecified atom stereocenters. The molecule has 1 aliphatic heterocycles. The molecule has 1 aliphatic rings. The maximum atomic E-state index is 13.5. The highest BCUT2D eigenvalue weighted by Crippen LogP contribution is 2.27. The van der Waals surface area contributed by atoms with Crippen molar-refractivity contribution in [1.29, 1.82) is 0 Å². The van der Waals surface area contributed by atoms with Crippen molar-refractivity contribution in [3.8, 4) is 0 Å². The van der Waals surface area contributed by atoms with Crippen molar-refractivity contribution in [2.45, 2.75) is 39.2 Å². The van der Waals surface area contributed by atoms with E-state index < -0.39 is 0 Å². The number of likely N-dealkylation sites (tertiary alicyclic amines) is 1. The van der Waals surface area contributed by atoms with Crippen LogP contribution in [0.5, 0.6) is 0 Å². The summed E-state index contributed by atoms with van der Waals surface area (Å²) in [5.74, 6) is 0.179. The van der Waals surface area contributed by atoms with Gasteiger partial charge in [-0.25, -0.2) is 0 Å². The Hall–Kier alpha value is -2.83. The molecule has 0 saturated carbocycles. The molecule has 2 N–H and O–H groups in total. The lowest BCUT2D eigenvalue weighted by molar-refractivity contribution is -0.119. The van der Waals surface area contributed by atoms with Gasteiger partial charge in [0.25, 0.3) is 5.91 Å². The molecule has 2 aromatic carbocycles. The summed E-state index contributed by atoms with van der Waals surface area (Å²) in [7, 11) is 0. The highest BCUT2D eigenvalue weighted by atomic mass is 35.5. The Morgan fingerprint density at radius 1 is 1.15 bits per heavy atom. The Kier molecular flexibility index (Phi) is 7.91. The molecular weight excluding hydrogens is 448 g/mol. The zero-order chi connectivity index (χ0) is 24.1. The van der Waals surface area contributed by atoms with Crippen molar-refractivity contribution in [3.63, 3.8) is 0 Å². The number of hydrogen-bond donors (Lipinski definition) is 2. The zero-order valence-electron chi connectivity index (χ0n) is 19.9. The Labute approximate surface area is 206 Å². The summed E-state index contributed by atoms with van der Waals surface area (Å²) in [5, 5.41) is 4.48. The molecule has 2 heterocycles. The van der Waals surface area contributed by atoms with Crippen LogP contribution in [0.2, 0.25) is 5.02 Å². The monoisotopic (exact) mass is 480 g/mol. The van der Waals surface area contributed by atoms with Crippen molar-refractivity contribution >= 4 is 40.0 Å². The molecule has 6 nitrogen and oxygen atoms in total. The molecule has 1 aromatic heterocycles. The normalized spacial score (nSPS) is 15.1. The number of piperidine rings is 1. The minimum Gasteiger partial charge on any atom is -0.361 e. The minimum absolute atomic E-state index is 0.0862. The van der Waals surface area contributed by atoms with E-state index in [0.29, 0.717) is 34.8 Å². The van der Waals surface area contributed by atoms with E-state index in [4.69, 9.17) is 11.6 Å². The molecular formula is C27H33ClN4O2. The van der Waals surface area contributed by atoms with Crippen LogP contribution < -0.4 is 10.2 Å². The largest absolute Gasteiger partial charge is 0.361 e. The number of carbonyl (C=O) groups is 2. The predicted octanol–water partition coefficient (Wildman–Crippen LogP) is 5.09. The molecule has 3 aromatic rings. The first-order valence-corrected chi connectivity index (χ1v) is 12.4. The second-order valence-electron chi connectivity index (χ2n) is 9.33. The maximum Gasteiger partial charge on any atom is 0.258 e. The number of rotatable bonds is 8. The number of benzene rings is 2. The van der Waals surface area contributed by atoms with Gasteiger partial charge in [0, 0.05) is 29.9 Å². The van der Waals surface area contributed by atoms with Crippen molar-refractivity contribution in [2.24, 2.45) is 5.92 Å². The summed E-state index contributed by atoms with van der Waals surface area (Å²) in [6.07, 6.45) is 5.13. The van der Waals surface area contributed by atoms with Gasteiger partial charge in [-0.2, -0.15) is 0 Å². The predicted molar refractivity (Wildman–Crippen MR) is 138 cm³/mol. The number of H-pyrrole nitrogens is 1.